The lowest BCUT2D eigenvalue weighted by Crippen LogP contribution is -2.45. The summed E-state index contributed by atoms with van der Waals surface area (Å²) in [5, 5.41) is 3.61. The third kappa shape index (κ3) is 3.53. The van der Waals surface area contributed by atoms with Crippen molar-refractivity contribution in [2.24, 2.45) is 11.8 Å². The predicted octanol–water partition coefficient (Wildman–Crippen LogP) is 3.10. The molecule has 0 radical (unpaired) electrons. The van der Waals surface area contributed by atoms with Crippen molar-refractivity contribution >= 4 is 32.7 Å². The number of hydrogen-bond acceptors (Lipinski definition) is 3. The molecule has 3 atom stereocenters. The number of carbonyl (C=O) groups is 1. The summed E-state index contributed by atoms with van der Waals surface area (Å²) in [4.78, 5) is 29.2. The Bertz CT molecular complexity index is 818. The minimum atomic E-state index is -0.193. The Kier molecular flexibility index (Phi) is 5.04. The first kappa shape index (κ1) is 17.1. The summed E-state index contributed by atoms with van der Waals surface area (Å²) >= 11 is 3.36. The van der Waals surface area contributed by atoms with Crippen molar-refractivity contribution in [2.45, 2.75) is 45.7 Å². The van der Waals surface area contributed by atoms with Crippen LogP contribution in [-0.2, 0) is 11.3 Å². The van der Waals surface area contributed by atoms with Gasteiger partial charge in [0.1, 0.15) is 6.54 Å². The molecule has 1 aromatic carbocycles. The van der Waals surface area contributed by atoms with Crippen LogP contribution < -0.4 is 10.9 Å². The third-order valence-corrected chi connectivity index (χ3v) is 5.65. The third-order valence-electron chi connectivity index (χ3n) is 5.15. The monoisotopic (exact) mass is 391 g/mol. The fourth-order valence-corrected chi connectivity index (χ4v) is 3.80. The number of benzene rings is 1. The Balaban J connectivity index is 1.76. The molecule has 0 bridgehead atoms. The molecule has 1 heterocycles. The molecule has 3 rings (SSSR count). The van der Waals surface area contributed by atoms with E-state index in [2.05, 4.69) is 40.1 Å². The molecule has 1 aromatic heterocycles. The first-order valence-corrected chi connectivity index (χ1v) is 9.19. The van der Waals surface area contributed by atoms with E-state index in [1.54, 1.807) is 12.1 Å². The fraction of sp³-hybridized carbons (Fsp3) is 0.500. The van der Waals surface area contributed by atoms with E-state index in [0.717, 1.165) is 17.3 Å². The highest BCUT2D eigenvalue weighted by molar-refractivity contribution is 9.10. The van der Waals surface area contributed by atoms with Gasteiger partial charge in [0.05, 0.1) is 17.2 Å². The van der Waals surface area contributed by atoms with Crippen LogP contribution in [0.5, 0.6) is 0 Å². The van der Waals surface area contributed by atoms with Crippen LogP contribution in [0.4, 0.5) is 0 Å². The number of nitrogens with zero attached hydrogens (tertiary/aromatic N) is 2. The lowest BCUT2D eigenvalue weighted by atomic mass is 9.78. The van der Waals surface area contributed by atoms with E-state index in [4.69, 9.17) is 0 Å². The molecule has 0 saturated heterocycles. The summed E-state index contributed by atoms with van der Waals surface area (Å²) in [5.74, 6) is 0.954. The zero-order valence-electron chi connectivity index (χ0n) is 14.0. The number of amides is 1. The van der Waals surface area contributed by atoms with Gasteiger partial charge in [-0.15, -0.1) is 0 Å². The summed E-state index contributed by atoms with van der Waals surface area (Å²) in [6, 6.07) is 5.57. The molecule has 0 unspecified atom stereocenters. The topological polar surface area (TPSA) is 64.0 Å². The molecule has 1 N–H and O–H groups in total. The molecule has 2 aromatic rings. The molecule has 0 aliphatic heterocycles. The highest BCUT2D eigenvalue weighted by Crippen LogP contribution is 2.29. The summed E-state index contributed by atoms with van der Waals surface area (Å²) in [6.45, 7) is 4.43. The molecule has 1 aliphatic carbocycles. The molecule has 0 spiro atoms. The standard InChI is InChI=1S/C18H22BrN3O2/c1-11-4-3-5-15(12(11)2)21-17(23)9-22-10-20-16-7-6-13(19)8-14(16)18(22)24/h6-8,10-12,15H,3-5,9H2,1-2H3,(H,21,23)/t11-,12-,15-/m1/s1. The maximum Gasteiger partial charge on any atom is 0.261 e. The van der Waals surface area contributed by atoms with Gasteiger partial charge in [-0.25, -0.2) is 4.98 Å². The van der Waals surface area contributed by atoms with Crippen LogP contribution in [0.15, 0.2) is 33.8 Å². The minimum Gasteiger partial charge on any atom is -0.352 e. The van der Waals surface area contributed by atoms with Gasteiger partial charge in [0.15, 0.2) is 0 Å². The van der Waals surface area contributed by atoms with Crippen LogP contribution >= 0.6 is 15.9 Å². The van der Waals surface area contributed by atoms with Gasteiger partial charge in [0, 0.05) is 10.5 Å². The molecule has 6 heteroatoms. The van der Waals surface area contributed by atoms with Crippen LogP contribution in [0.2, 0.25) is 0 Å². The van der Waals surface area contributed by atoms with Gasteiger partial charge >= 0.3 is 0 Å². The molecule has 1 saturated carbocycles. The van der Waals surface area contributed by atoms with E-state index >= 15 is 0 Å². The molecule has 1 aliphatic rings. The van der Waals surface area contributed by atoms with Crippen molar-refractivity contribution in [3.05, 3.63) is 39.4 Å². The summed E-state index contributed by atoms with van der Waals surface area (Å²) < 4.78 is 2.20. The average Bonchev–Trinajstić information content (AvgIpc) is 2.55. The van der Waals surface area contributed by atoms with Crippen LogP contribution in [-0.4, -0.2) is 21.5 Å². The van der Waals surface area contributed by atoms with Gasteiger partial charge in [-0.2, -0.15) is 0 Å². The van der Waals surface area contributed by atoms with Crippen LogP contribution in [0.25, 0.3) is 10.9 Å². The molecular formula is C18H22BrN3O2. The van der Waals surface area contributed by atoms with Crippen molar-refractivity contribution in [3.8, 4) is 0 Å². The fourth-order valence-electron chi connectivity index (χ4n) is 3.44. The second kappa shape index (κ2) is 7.05. The van der Waals surface area contributed by atoms with E-state index in [1.807, 2.05) is 6.07 Å². The largest absolute Gasteiger partial charge is 0.352 e. The highest BCUT2D eigenvalue weighted by Gasteiger charge is 2.28. The van der Waals surface area contributed by atoms with Crippen LogP contribution in [0.3, 0.4) is 0 Å². The SMILES string of the molecule is C[C@@H]1[C@H](C)CCC[C@H]1NC(=O)Cn1cnc2ccc(Br)cc2c1=O. The number of fused-ring (bicyclic) bond motifs is 1. The van der Waals surface area contributed by atoms with Gasteiger partial charge in [-0.3, -0.25) is 14.2 Å². The number of hydrogen-bond donors (Lipinski definition) is 1. The van der Waals surface area contributed by atoms with Crippen molar-refractivity contribution in [3.63, 3.8) is 0 Å². The zero-order valence-corrected chi connectivity index (χ0v) is 15.5. The van der Waals surface area contributed by atoms with Crippen molar-refractivity contribution in [1.82, 2.24) is 14.9 Å². The number of halogens is 1. The Morgan fingerprint density at radius 3 is 2.96 bits per heavy atom. The first-order valence-electron chi connectivity index (χ1n) is 8.40. The normalized spacial score (nSPS) is 24.0. The molecule has 1 fully saturated rings. The molecular weight excluding hydrogens is 370 g/mol. The molecule has 5 nitrogen and oxygen atoms in total. The van der Waals surface area contributed by atoms with Gasteiger partial charge in [-0.1, -0.05) is 42.6 Å². The summed E-state index contributed by atoms with van der Waals surface area (Å²) in [5.41, 5.74) is 0.441. The van der Waals surface area contributed by atoms with Crippen molar-refractivity contribution < 1.29 is 4.79 Å². The number of rotatable bonds is 3. The Hall–Kier alpha value is -1.69. The predicted molar refractivity (Wildman–Crippen MR) is 97.8 cm³/mol. The van der Waals surface area contributed by atoms with E-state index < -0.39 is 0 Å². The number of aromatic nitrogens is 2. The number of nitrogens with one attached hydrogen (secondary N) is 1. The van der Waals surface area contributed by atoms with Gasteiger partial charge in [0.25, 0.3) is 5.56 Å². The number of carbonyl (C=O) groups excluding carboxylic acids is 1. The van der Waals surface area contributed by atoms with Crippen LogP contribution in [0, 0.1) is 11.8 Å². The minimum absolute atomic E-state index is 0.00584. The lowest BCUT2D eigenvalue weighted by Gasteiger charge is -2.34. The smallest absolute Gasteiger partial charge is 0.261 e. The second-order valence-electron chi connectivity index (χ2n) is 6.78. The van der Waals surface area contributed by atoms with Gasteiger partial charge in [-0.05, 0) is 36.5 Å². The van der Waals surface area contributed by atoms with Gasteiger partial charge in [0.2, 0.25) is 5.91 Å². The maximum absolute atomic E-state index is 12.5. The van der Waals surface area contributed by atoms with Gasteiger partial charge < -0.3 is 5.32 Å². The maximum atomic E-state index is 12.5. The Labute approximate surface area is 149 Å². The summed E-state index contributed by atoms with van der Waals surface area (Å²) in [7, 11) is 0. The van der Waals surface area contributed by atoms with Crippen LogP contribution in [0.1, 0.15) is 33.1 Å². The van der Waals surface area contributed by atoms with Crippen molar-refractivity contribution in [2.75, 3.05) is 0 Å². The average molecular weight is 392 g/mol. The second-order valence-corrected chi connectivity index (χ2v) is 7.70. The molecule has 1 amide bonds. The van der Waals surface area contributed by atoms with E-state index in [0.29, 0.717) is 22.7 Å². The van der Waals surface area contributed by atoms with E-state index in [1.165, 1.54) is 17.3 Å². The zero-order chi connectivity index (χ0) is 17.3. The Morgan fingerprint density at radius 2 is 2.17 bits per heavy atom. The first-order chi connectivity index (χ1) is 11.5. The summed E-state index contributed by atoms with van der Waals surface area (Å²) in [6.07, 6.45) is 4.82. The Morgan fingerprint density at radius 1 is 1.38 bits per heavy atom. The molecule has 128 valence electrons. The lowest BCUT2D eigenvalue weighted by molar-refractivity contribution is -0.123. The quantitative estimate of drug-likeness (QED) is 0.873. The van der Waals surface area contributed by atoms with E-state index in [-0.39, 0.29) is 24.1 Å². The highest BCUT2D eigenvalue weighted by atomic mass is 79.9. The van der Waals surface area contributed by atoms with Crippen molar-refractivity contribution in [1.29, 1.82) is 0 Å². The molecule has 24 heavy (non-hydrogen) atoms. The van der Waals surface area contributed by atoms with E-state index in [9.17, 15) is 9.59 Å².